The zero-order valence-electron chi connectivity index (χ0n) is 14.2. The fourth-order valence-corrected chi connectivity index (χ4v) is 2.77. The number of carbonyl (C=O) groups excluding carboxylic acids is 1. The molecule has 2 aromatic rings. The molecule has 0 aliphatic heterocycles. The van der Waals surface area contributed by atoms with E-state index in [4.69, 9.17) is 5.73 Å². The SMILES string of the molecule is CCCCC(CN)NC(=O)C(c1ccccc1)c1ccccc1.Cl. The number of nitrogens with one attached hydrogen (secondary N) is 1. The Kier molecular flexibility index (Phi) is 9.13. The molecule has 3 nitrogen and oxygen atoms in total. The second-order valence-corrected chi connectivity index (χ2v) is 5.84. The van der Waals surface area contributed by atoms with Crippen LogP contribution in [0.5, 0.6) is 0 Å². The average Bonchev–Trinajstić information content (AvgIpc) is 2.60. The molecule has 130 valence electrons. The summed E-state index contributed by atoms with van der Waals surface area (Å²) in [5.74, 6) is -0.276. The van der Waals surface area contributed by atoms with Crippen molar-refractivity contribution in [3.8, 4) is 0 Å². The molecule has 4 heteroatoms. The third-order valence-corrected chi connectivity index (χ3v) is 4.07. The van der Waals surface area contributed by atoms with Gasteiger partial charge in [0.15, 0.2) is 0 Å². The summed E-state index contributed by atoms with van der Waals surface area (Å²) in [4.78, 5) is 12.9. The van der Waals surface area contributed by atoms with Crippen LogP contribution >= 0.6 is 12.4 Å². The second-order valence-electron chi connectivity index (χ2n) is 5.84. The number of amides is 1. The van der Waals surface area contributed by atoms with Crippen LogP contribution < -0.4 is 11.1 Å². The van der Waals surface area contributed by atoms with Crippen molar-refractivity contribution < 1.29 is 4.79 Å². The Morgan fingerprint density at radius 1 is 1.00 bits per heavy atom. The van der Waals surface area contributed by atoms with Crippen LogP contribution in [0.3, 0.4) is 0 Å². The molecule has 0 aromatic heterocycles. The highest BCUT2D eigenvalue weighted by Gasteiger charge is 2.24. The molecule has 0 saturated heterocycles. The third-order valence-electron chi connectivity index (χ3n) is 4.07. The number of halogens is 1. The maximum absolute atomic E-state index is 12.9. The van der Waals surface area contributed by atoms with Gasteiger partial charge in [-0.25, -0.2) is 0 Å². The van der Waals surface area contributed by atoms with Crippen LogP contribution in [0.1, 0.15) is 43.2 Å². The molecule has 0 aliphatic carbocycles. The van der Waals surface area contributed by atoms with Crippen molar-refractivity contribution in [2.75, 3.05) is 6.54 Å². The third kappa shape index (κ3) is 5.66. The van der Waals surface area contributed by atoms with Crippen LogP contribution in [0.2, 0.25) is 0 Å². The van der Waals surface area contributed by atoms with Crippen LogP contribution in [0.25, 0.3) is 0 Å². The fourth-order valence-electron chi connectivity index (χ4n) is 2.77. The van der Waals surface area contributed by atoms with E-state index in [1.54, 1.807) is 0 Å². The Morgan fingerprint density at radius 3 is 1.92 bits per heavy atom. The Hall–Kier alpha value is -1.84. The first-order valence-electron chi connectivity index (χ1n) is 8.36. The van der Waals surface area contributed by atoms with Gasteiger partial charge >= 0.3 is 0 Å². The van der Waals surface area contributed by atoms with Gasteiger partial charge in [0.05, 0.1) is 5.92 Å². The lowest BCUT2D eigenvalue weighted by atomic mass is 9.90. The highest BCUT2D eigenvalue weighted by molar-refractivity contribution is 5.87. The lowest BCUT2D eigenvalue weighted by Crippen LogP contribution is -2.42. The summed E-state index contributed by atoms with van der Waals surface area (Å²) >= 11 is 0. The van der Waals surface area contributed by atoms with Gasteiger partial charge in [-0.1, -0.05) is 80.4 Å². The van der Waals surface area contributed by atoms with E-state index in [1.165, 1.54) is 0 Å². The first-order chi connectivity index (χ1) is 11.3. The molecule has 3 N–H and O–H groups in total. The summed E-state index contributed by atoms with van der Waals surface area (Å²) in [6, 6.07) is 19.8. The van der Waals surface area contributed by atoms with E-state index in [-0.39, 0.29) is 30.3 Å². The highest BCUT2D eigenvalue weighted by Crippen LogP contribution is 2.25. The predicted molar refractivity (Wildman–Crippen MR) is 102 cm³/mol. The van der Waals surface area contributed by atoms with Crippen LogP contribution in [0.15, 0.2) is 60.7 Å². The zero-order chi connectivity index (χ0) is 16.5. The van der Waals surface area contributed by atoms with E-state index in [1.807, 2.05) is 60.7 Å². The zero-order valence-corrected chi connectivity index (χ0v) is 15.0. The lowest BCUT2D eigenvalue weighted by Gasteiger charge is -2.22. The maximum Gasteiger partial charge on any atom is 0.232 e. The molecule has 0 aliphatic rings. The standard InChI is InChI=1S/C20H26N2O.ClH/c1-2-3-14-18(15-21)22-20(23)19(16-10-6-4-7-11-16)17-12-8-5-9-13-17;/h4-13,18-19H,2-3,14-15,21H2,1H3,(H,22,23);1H. The van der Waals surface area contributed by atoms with Gasteiger partial charge in [-0.15, -0.1) is 12.4 Å². The van der Waals surface area contributed by atoms with Crippen molar-refractivity contribution in [3.63, 3.8) is 0 Å². The van der Waals surface area contributed by atoms with Crippen molar-refractivity contribution in [1.82, 2.24) is 5.32 Å². The molecule has 1 unspecified atom stereocenters. The molecular formula is C20H27ClN2O. The molecular weight excluding hydrogens is 320 g/mol. The number of unbranched alkanes of at least 4 members (excludes halogenated alkanes) is 1. The molecule has 0 radical (unpaired) electrons. The van der Waals surface area contributed by atoms with Gasteiger partial charge in [-0.3, -0.25) is 4.79 Å². The average molecular weight is 347 g/mol. The van der Waals surface area contributed by atoms with E-state index in [9.17, 15) is 4.79 Å². The molecule has 0 bridgehead atoms. The van der Waals surface area contributed by atoms with Crippen molar-refractivity contribution in [2.45, 2.75) is 38.1 Å². The first kappa shape index (κ1) is 20.2. The van der Waals surface area contributed by atoms with Crippen molar-refractivity contribution in [3.05, 3.63) is 71.8 Å². The second kappa shape index (κ2) is 10.8. The molecule has 1 amide bonds. The lowest BCUT2D eigenvalue weighted by molar-refractivity contribution is -0.122. The molecule has 0 spiro atoms. The minimum absolute atomic E-state index is 0. The van der Waals surface area contributed by atoms with E-state index in [2.05, 4.69) is 12.2 Å². The summed E-state index contributed by atoms with van der Waals surface area (Å²) < 4.78 is 0. The summed E-state index contributed by atoms with van der Waals surface area (Å²) in [5.41, 5.74) is 7.83. The van der Waals surface area contributed by atoms with E-state index >= 15 is 0 Å². The van der Waals surface area contributed by atoms with Gasteiger partial charge in [0.25, 0.3) is 0 Å². The predicted octanol–water partition coefficient (Wildman–Crippen LogP) is 3.87. The smallest absolute Gasteiger partial charge is 0.232 e. The van der Waals surface area contributed by atoms with E-state index in [0.29, 0.717) is 6.54 Å². The molecule has 2 aromatic carbocycles. The van der Waals surface area contributed by atoms with Gasteiger partial charge in [0, 0.05) is 12.6 Å². The van der Waals surface area contributed by atoms with Crippen LogP contribution in [0, 0.1) is 0 Å². The Labute approximate surface area is 151 Å². The minimum atomic E-state index is -0.298. The molecule has 2 rings (SSSR count). The number of rotatable bonds is 8. The molecule has 0 heterocycles. The maximum atomic E-state index is 12.9. The summed E-state index contributed by atoms with van der Waals surface area (Å²) in [6.07, 6.45) is 3.10. The van der Waals surface area contributed by atoms with E-state index < -0.39 is 0 Å². The summed E-state index contributed by atoms with van der Waals surface area (Å²) in [5, 5.41) is 3.13. The Balaban J connectivity index is 0.00000288. The van der Waals surface area contributed by atoms with Crippen LogP contribution in [-0.2, 0) is 4.79 Å². The van der Waals surface area contributed by atoms with Crippen molar-refractivity contribution in [1.29, 1.82) is 0 Å². The summed E-state index contributed by atoms with van der Waals surface area (Å²) in [7, 11) is 0. The molecule has 24 heavy (non-hydrogen) atoms. The monoisotopic (exact) mass is 346 g/mol. The van der Waals surface area contributed by atoms with Crippen LogP contribution in [-0.4, -0.2) is 18.5 Å². The number of hydrogen-bond donors (Lipinski definition) is 2. The van der Waals surface area contributed by atoms with Crippen molar-refractivity contribution in [2.24, 2.45) is 5.73 Å². The summed E-state index contributed by atoms with van der Waals surface area (Å²) in [6.45, 7) is 2.62. The van der Waals surface area contributed by atoms with Gasteiger partial charge in [-0.2, -0.15) is 0 Å². The minimum Gasteiger partial charge on any atom is -0.351 e. The number of benzene rings is 2. The fraction of sp³-hybridized carbons (Fsp3) is 0.350. The molecule has 1 atom stereocenters. The Morgan fingerprint density at radius 2 is 1.50 bits per heavy atom. The first-order valence-corrected chi connectivity index (χ1v) is 8.36. The number of hydrogen-bond acceptors (Lipinski definition) is 2. The topological polar surface area (TPSA) is 55.1 Å². The number of carbonyl (C=O) groups is 1. The van der Waals surface area contributed by atoms with E-state index in [0.717, 1.165) is 30.4 Å². The Bertz CT molecular complexity index is 550. The van der Waals surface area contributed by atoms with Gasteiger partial charge in [0.1, 0.15) is 0 Å². The number of nitrogens with two attached hydrogens (primary N) is 1. The highest BCUT2D eigenvalue weighted by atomic mass is 35.5. The molecule has 0 fully saturated rings. The molecule has 0 saturated carbocycles. The van der Waals surface area contributed by atoms with Gasteiger partial charge in [0.2, 0.25) is 5.91 Å². The largest absolute Gasteiger partial charge is 0.351 e. The quantitative estimate of drug-likeness (QED) is 0.762. The van der Waals surface area contributed by atoms with Crippen molar-refractivity contribution >= 4 is 18.3 Å². The normalized spacial score (nSPS) is 11.6. The van der Waals surface area contributed by atoms with Gasteiger partial charge < -0.3 is 11.1 Å². The van der Waals surface area contributed by atoms with Crippen LogP contribution in [0.4, 0.5) is 0 Å². The van der Waals surface area contributed by atoms with Gasteiger partial charge in [-0.05, 0) is 17.5 Å².